The van der Waals surface area contributed by atoms with Gasteiger partial charge >= 0.3 is 6.01 Å². The topological polar surface area (TPSA) is 81.4 Å². The molecular formula is C14H18N4O3. The molecule has 1 aromatic heterocycles. The van der Waals surface area contributed by atoms with Crippen molar-refractivity contribution in [3.8, 4) is 11.5 Å². The number of ether oxygens (including phenoxy) is 2. The predicted molar refractivity (Wildman–Crippen MR) is 76.3 cm³/mol. The molecule has 0 spiro atoms. The summed E-state index contributed by atoms with van der Waals surface area (Å²) in [6, 6.07) is 6.26. The zero-order valence-corrected chi connectivity index (χ0v) is 12.0. The van der Waals surface area contributed by atoms with Gasteiger partial charge < -0.3 is 24.5 Å². The third-order valence-corrected chi connectivity index (χ3v) is 3.20. The molecule has 2 heterocycles. The third kappa shape index (κ3) is 3.08. The Balaban J connectivity index is 1.60. The van der Waals surface area contributed by atoms with Crippen LogP contribution in [0.15, 0.2) is 22.6 Å². The summed E-state index contributed by atoms with van der Waals surface area (Å²) < 4.78 is 16.2. The average molecular weight is 290 g/mol. The molecule has 0 fully saturated rings. The summed E-state index contributed by atoms with van der Waals surface area (Å²) in [6.45, 7) is 5.73. The van der Waals surface area contributed by atoms with E-state index in [9.17, 15) is 0 Å². The van der Waals surface area contributed by atoms with Crippen molar-refractivity contribution < 1.29 is 13.9 Å². The molecule has 0 saturated carbocycles. The highest BCUT2D eigenvalue weighted by atomic mass is 16.7. The van der Waals surface area contributed by atoms with Crippen LogP contribution in [0.25, 0.3) is 0 Å². The van der Waals surface area contributed by atoms with Crippen LogP contribution in [-0.2, 0) is 6.54 Å². The summed E-state index contributed by atoms with van der Waals surface area (Å²) in [6.07, 6.45) is 0. The monoisotopic (exact) mass is 290 g/mol. The number of aromatic nitrogens is 2. The molecular weight excluding hydrogens is 272 g/mol. The molecule has 1 atom stereocenters. The van der Waals surface area contributed by atoms with Crippen molar-refractivity contribution in [2.45, 2.75) is 26.4 Å². The maximum absolute atomic E-state index is 5.56. The van der Waals surface area contributed by atoms with Crippen molar-refractivity contribution in [3.05, 3.63) is 29.7 Å². The molecule has 1 unspecified atom stereocenters. The first-order chi connectivity index (χ1) is 10.3. The Morgan fingerprint density at radius 3 is 2.95 bits per heavy atom. The van der Waals surface area contributed by atoms with Crippen LogP contribution in [0.2, 0.25) is 0 Å². The molecule has 7 heteroatoms. The smallest absolute Gasteiger partial charge is 0.315 e. The lowest BCUT2D eigenvalue weighted by Gasteiger charge is -2.06. The van der Waals surface area contributed by atoms with Crippen LogP contribution < -0.4 is 20.1 Å². The van der Waals surface area contributed by atoms with Crippen molar-refractivity contribution in [2.24, 2.45) is 0 Å². The Morgan fingerprint density at radius 1 is 1.24 bits per heavy atom. The van der Waals surface area contributed by atoms with Crippen molar-refractivity contribution in [1.82, 2.24) is 15.5 Å². The normalized spacial score (nSPS) is 14.2. The van der Waals surface area contributed by atoms with Crippen molar-refractivity contribution in [2.75, 3.05) is 18.7 Å². The number of anilines is 1. The molecule has 21 heavy (non-hydrogen) atoms. The molecule has 3 rings (SSSR count). The summed E-state index contributed by atoms with van der Waals surface area (Å²) in [7, 11) is 0. The maximum atomic E-state index is 5.56. The molecule has 2 aromatic rings. The van der Waals surface area contributed by atoms with Gasteiger partial charge in [-0.3, -0.25) is 0 Å². The number of nitrogens with zero attached hydrogens (tertiary/aromatic N) is 2. The number of fused-ring (bicyclic) bond motifs is 1. The Labute approximate surface area is 122 Å². The lowest BCUT2D eigenvalue weighted by atomic mass is 10.2. The van der Waals surface area contributed by atoms with E-state index in [-0.39, 0.29) is 12.8 Å². The molecule has 1 aliphatic rings. The van der Waals surface area contributed by atoms with Crippen LogP contribution in [0.1, 0.15) is 31.3 Å². The Kier molecular flexibility index (Phi) is 3.92. The summed E-state index contributed by atoms with van der Waals surface area (Å²) >= 11 is 0. The van der Waals surface area contributed by atoms with Crippen LogP contribution >= 0.6 is 0 Å². The van der Waals surface area contributed by atoms with Gasteiger partial charge in [0.2, 0.25) is 12.7 Å². The highest BCUT2D eigenvalue weighted by Crippen LogP contribution is 2.32. The van der Waals surface area contributed by atoms with Gasteiger partial charge in [-0.15, -0.1) is 5.10 Å². The van der Waals surface area contributed by atoms with Gasteiger partial charge in [-0.25, -0.2) is 0 Å². The second-order valence-corrected chi connectivity index (χ2v) is 4.77. The minimum atomic E-state index is 0.0450. The van der Waals surface area contributed by atoms with Crippen molar-refractivity contribution in [1.29, 1.82) is 0 Å². The average Bonchev–Trinajstić information content (AvgIpc) is 3.14. The number of hydrogen-bond donors (Lipinski definition) is 2. The highest BCUT2D eigenvalue weighted by Gasteiger charge is 2.14. The van der Waals surface area contributed by atoms with E-state index in [4.69, 9.17) is 13.9 Å². The molecule has 0 aliphatic carbocycles. The van der Waals surface area contributed by atoms with Gasteiger partial charge in [0.25, 0.3) is 0 Å². The zero-order chi connectivity index (χ0) is 14.7. The van der Waals surface area contributed by atoms with E-state index < -0.39 is 0 Å². The van der Waals surface area contributed by atoms with Crippen molar-refractivity contribution in [3.63, 3.8) is 0 Å². The van der Waals surface area contributed by atoms with Gasteiger partial charge in [-0.05, 0) is 31.2 Å². The number of benzene rings is 1. The molecule has 0 saturated heterocycles. The fraction of sp³-hybridized carbons (Fsp3) is 0.429. The van der Waals surface area contributed by atoms with Gasteiger partial charge in [-0.1, -0.05) is 18.1 Å². The second-order valence-electron chi connectivity index (χ2n) is 4.77. The minimum absolute atomic E-state index is 0.0450. The van der Waals surface area contributed by atoms with E-state index in [0.717, 1.165) is 23.6 Å². The molecule has 2 N–H and O–H groups in total. The van der Waals surface area contributed by atoms with E-state index in [1.165, 1.54) is 0 Å². The van der Waals surface area contributed by atoms with Gasteiger partial charge in [0, 0.05) is 6.54 Å². The van der Waals surface area contributed by atoms with Gasteiger partial charge in [0.15, 0.2) is 11.5 Å². The van der Waals surface area contributed by atoms with Gasteiger partial charge in [0.05, 0.1) is 6.04 Å². The van der Waals surface area contributed by atoms with E-state index in [2.05, 4.69) is 20.8 Å². The Morgan fingerprint density at radius 2 is 2.10 bits per heavy atom. The zero-order valence-electron chi connectivity index (χ0n) is 12.0. The maximum Gasteiger partial charge on any atom is 0.315 e. The van der Waals surface area contributed by atoms with Crippen LogP contribution in [-0.4, -0.2) is 23.5 Å². The molecule has 1 aliphatic heterocycles. The summed E-state index contributed by atoms with van der Waals surface area (Å²) in [5, 5.41) is 14.3. The molecule has 0 amide bonds. The van der Waals surface area contributed by atoms with Crippen LogP contribution in [0, 0.1) is 0 Å². The molecule has 0 bridgehead atoms. The summed E-state index contributed by atoms with van der Waals surface area (Å²) in [5.41, 5.74) is 1.05. The van der Waals surface area contributed by atoms with Crippen LogP contribution in [0.5, 0.6) is 11.5 Å². The third-order valence-electron chi connectivity index (χ3n) is 3.20. The lowest BCUT2D eigenvalue weighted by Crippen LogP contribution is -2.17. The van der Waals surface area contributed by atoms with Gasteiger partial charge in [-0.2, -0.15) is 0 Å². The van der Waals surface area contributed by atoms with E-state index >= 15 is 0 Å². The second kappa shape index (κ2) is 6.01. The molecule has 112 valence electrons. The molecule has 0 radical (unpaired) electrons. The predicted octanol–water partition coefficient (Wildman–Crippen LogP) is 2.08. The van der Waals surface area contributed by atoms with Gasteiger partial charge in [0.1, 0.15) is 0 Å². The van der Waals surface area contributed by atoms with Crippen LogP contribution in [0.4, 0.5) is 6.01 Å². The molecule has 7 nitrogen and oxygen atoms in total. The first kappa shape index (κ1) is 13.7. The Hall–Kier alpha value is -2.28. The number of hydrogen-bond acceptors (Lipinski definition) is 7. The first-order valence-corrected chi connectivity index (χ1v) is 6.95. The quantitative estimate of drug-likeness (QED) is 0.843. The van der Waals surface area contributed by atoms with E-state index in [1.54, 1.807) is 0 Å². The number of rotatable bonds is 6. The first-order valence-electron chi connectivity index (χ1n) is 6.95. The van der Waals surface area contributed by atoms with E-state index in [1.807, 2.05) is 32.0 Å². The van der Waals surface area contributed by atoms with Crippen molar-refractivity contribution >= 4 is 6.01 Å². The van der Waals surface area contributed by atoms with Crippen LogP contribution in [0.3, 0.4) is 0 Å². The number of nitrogens with one attached hydrogen (secondary N) is 2. The largest absolute Gasteiger partial charge is 0.454 e. The fourth-order valence-electron chi connectivity index (χ4n) is 2.10. The standard InChI is InChI=1S/C14H18N4O3/c1-3-15-9(2)13-17-18-14(21-13)16-7-10-4-5-11-12(6-10)20-8-19-11/h4-6,9,15H,3,7-8H2,1-2H3,(H,16,18). The fourth-order valence-corrected chi connectivity index (χ4v) is 2.10. The summed E-state index contributed by atoms with van der Waals surface area (Å²) in [4.78, 5) is 0. The SMILES string of the molecule is CCNC(C)c1nnc(NCc2ccc3c(c2)OCO3)o1. The lowest BCUT2D eigenvalue weighted by molar-refractivity contribution is 0.174. The summed E-state index contributed by atoms with van der Waals surface area (Å²) in [5.74, 6) is 2.12. The molecule has 1 aromatic carbocycles. The van der Waals surface area contributed by atoms with E-state index in [0.29, 0.717) is 18.5 Å². The highest BCUT2D eigenvalue weighted by molar-refractivity contribution is 5.45. The Bertz CT molecular complexity index is 614. The minimum Gasteiger partial charge on any atom is -0.454 e.